The molecule has 1 saturated heterocycles. The molecule has 186 valence electrons. The van der Waals surface area contributed by atoms with Crippen LogP contribution in [0.4, 0.5) is 24.7 Å². The number of benzene rings is 1. The molecule has 0 saturated carbocycles. The Hall–Kier alpha value is -3.50. The molecule has 2 aromatic rings. The van der Waals surface area contributed by atoms with Gasteiger partial charge in [0.2, 0.25) is 10.0 Å². The lowest BCUT2D eigenvalue weighted by atomic mass is 9.92. The normalized spacial score (nSPS) is 18.7. The van der Waals surface area contributed by atoms with Gasteiger partial charge in [-0.25, -0.2) is 13.4 Å². The molecule has 2 heterocycles. The number of aromatic nitrogens is 1. The van der Waals surface area contributed by atoms with Gasteiger partial charge in [-0.15, -0.1) is 5.92 Å². The predicted octanol–water partition coefficient (Wildman–Crippen LogP) is 2.63. The SMILES string of the molecule is CC#C[C@H]1CN(S(=O)(=O)c2ccc(N)nc2)CCN1c1ccc([C@@](O)(CN=[N+]=[N-])C(F)(F)F)cc1. The van der Waals surface area contributed by atoms with Crippen molar-refractivity contribution in [2.45, 2.75) is 29.6 Å². The summed E-state index contributed by atoms with van der Waals surface area (Å²) in [5, 5.41) is 13.1. The highest BCUT2D eigenvalue weighted by atomic mass is 32.2. The maximum absolute atomic E-state index is 13.5. The summed E-state index contributed by atoms with van der Waals surface area (Å²) in [6.07, 6.45) is -3.90. The smallest absolute Gasteiger partial charge is 0.384 e. The van der Waals surface area contributed by atoms with E-state index in [9.17, 15) is 26.7 Å². The standard InChI is InChI=1S/C21H22F3N7O3S/c1-2-3-17-13-30(35(33,34)18-8-9-19(25)27-12-18)10-11-31(17)16-6-4-15(5-7-16)20(32,14-28-29-26)21(22,23)24/h4-9,12,17,32H,10-11,13-14H2,1H3,(H2,25,27)/t17-,20-/m0/s1. The van der Waals surface area contributed by atoms with E-state index >= 15 is 0 Å². The minimum Gasteiger partial charge on any atom is -0.384 e. The van der Waals surface area contributed by atoms with Gasteiger partial charge in [0.05, 0.1) is 6.54 Å². The number of hydrogen-bond acceptors (Lipinski definition) is 7. The Morgan fingerprint density at radius 3 is 2.49 bits per heavy atom. The molecule has 0 aliphatic carbocycles. The summed E-state index contributed by atoms with van der Waals surface area (Å²) in [4.78, 5) is 7.90. The summed E-state index contributed by atoms with van der Waals surface area (Å²) in [5.41, 5.74) is 10.6. The highest BCUT2D eigenvalue weighted by molar-refractivity contribution is 7.89. The maximum Gasteiger partial charge on any atom is 0.421 e. The molecule has 2 atom stereocenters. The number of hydrogen-bond donors (Lipinski definition) is 2. The summed E-state index contributed by atoms with van der Waals surface area (Å²) in [6, 6.07) is 7.10. The van der Waals surface area contributed by atoms with Crippen LogP contribution in [-0.4, -0.2) is 61.2 Å². The van der Waals surface area contributed by atoms with Crippen molar-refractivity contribution in [1.29, 1.82) is 0 Å². The van der Waals surface area contributed by atoms with Crippen molar-refractivity contribution in [3.63, 3.8) is 0 Å². The number of alkyl halides is 3. The third-order valence-corrected chi connectivity index (χ3v) is 7.41. The van der Waals surface area contributed by atoms with E-state index in [1.807, 2.05) is 0 Å². The van der Waals surface area contributed by atoms with Gasteiger partial charge in [-0.3, -0.25) is 0 Å². The van der Waals surface area contributed by atoms with Gasteiger partial charge in [0.25, 0.3) is 0 Å². The molecule has 35 heavy (non-hydrogen) atoms. The molecular weight excluding hydrogens is 487 g/mol. The van der Waals surface area contributed by atoms with Crippen LogP contribution >= 0.6 is 0 Å². The van der Waals surface area contributed by atoms with E-state index in [0.717, 1.165) is 12.1 Å². The predicted molar refractivity (Wildman–Crippen MR) is 122 cm³/mol. The lowest BCUT2D eigenvalue weighted by Crippen LogP contribution is -2.54. The molecule has 1 aliphatic rings. The van der Waals surface area contributed by atoms with Crippen LogP contribution in [0, 0.1) is 11.8 Å². The molecule has 3 N–H and O–H groups in total. The molecule has 14 heteroatoms. The van der Waals surface area contributed by atoms with E-state index in [0.29, 0.717) is 5.69 Å². The lowest BCUT2D eigenvalue weighted by Gasteiger charge is -2.40. The van der Waals surface area contributed by atoms with E-state index in [1.54, 1.807) is 11.8 Å². The number of nitrogen functional groups attached to an aromatic ring is 1. The molecule has 1 aromatic heterocycles. The van der Waals surface area contributed by atoms with Crippen LogP contribution in [0.1, 0.15) is 12.5 Å². The Labute approximate surface area is 199 Å². The number of nitrogens with two attached hydrogens (primary N) is 1. The average molecular weight is 510 g/mol. The number of piperazine rings is 1. The minimum atomic E-state index is -5.07. The van der Waals surface area contributed by atoms with Gasteiger partial charge in [-0.05, 0) is 42.3 Å². The third-order valence-electron chi connectivity index (χ3n) is 5.56. The number of aliphatic hydroxyl groups is 1. The Morgan fingerprint density at radius 1 is 1.26 bits per heavy atom. The summed E-state index contributed by atoms with van der Waals surface area (Å²) in [5.74, 6) is 5.88. The van der Waals surface area contributed by atoms with Crippen molar-refractivity contribution >= 4 is 21.5 Å². The first-order valence-electron chi connectivity index (χ1n) is 10.2. The summed E-state index contributed by atoms with van der Waals surface area (Å²) in [7, 11) is -3.86. The Bertz CT molecular complexity index is 1270. The fourth-order valence-electron chi connectivity index (χ4n) is 3.68. The highest BCUT2D eigenvalue weighted by Gasteiger charge is 2.54. The number of nitrogens with zero attached hydrogens (tertiary/aromatic N) is 6. The Balaban J connectivity index is 1.87. The largest absolute Gasteiger partial charge is 0.421 e. The van der Waals surface area contributed by atoms with Gasteiger partial charge in [-0.2, -0.15) is 17.5 Å². The fourth-order valence-corrected chi connectivity index (χ4v) is 5.06. The maximum atomic E-state index is 13.5. The third kappa shape index (κ3) is 5.28. The monoisotopic (exact) mass is 509 g/mol. The van der Waals surface area contributed by atoms with E-state index in [1.165, 1.54) is 34.8 Å². The van der Waals surface area contributed by atoms with Crippen LogP contribution in [0.3, 0.4) is 0 Å². The second kappa shape index (κ2) is 10.0. The molecule has 10 nitrogen and oxygen atoms in total. The van der Waals surface area contributed by atoms with Gasteiger partial charge in [0.1, 0.15) is 16.8 Å². The Morgan fingerprint density at radius 2 is 1.94 bits per heavy atom. The van der Waals surface area contributed by atoms with Crippen molar-refractivity contribution in [3.05, 3.63) is 58.6 Å². The first-order chi connectivity index (χ1) is 16.4. The van der Waals surface area contributed by atoms with Crippen LogP contribution < -0.4 is 10.6 Å². The number of rotatable bonds is 6. The van der Waals surface area contributed by atoms with Gasteiger partial charge in [-0.1, -0.05) is 23.2 Å². The molecule has 0 bridgehead atoms. The molecule has 3 rings (SSSR count). The Kier molecular flexibility index (Phi) is 7.47. The van der Waals surface area contributed by atoms with E-state index in [-0.39, 0.29) is 30.3 Å². The van der Waals surface area contributed by atoms with E-state index < -0.39 is 40.0 Å². The molecule has 0 amide bonds. The fraction of sp³-hybridized carbons (Fsp3) is 0.381. The second-order valence-electron chi connectivity index (χ2n) is 7.68. The van der Waals surface area contributed by atoms with Gasteiger partial charge >= 0.3 is 6.18 Å². The van der Waals surface area contributed by atoms with Crippen molar-refractivity contribution in [3.8, 4) is 11.8 Å². The zero-order valence-electron chi connectivity index (χ0n) is 18.5. The van der Waals surface area contributed by atoms with Crippen LogP contribution in [0.2, 0.25) is 0 Å². The number of azide groups is 1. The van der Waals surface area contributed by atoms with Crippen LogP contribution in [0.25, 0.3) is 10.4 Å². The number of halogens is 3. The number of anilines is 2. The molecular formula is C21H22F3N7O3S. The average Bonchev–Trinajstić information content (AvgIpc) is 2.82. The molecule has 0 spiro atoms. The zero-order chi connectivity index (χ0) is 25.9. The summed E-state index contributed by atoms with van der Waals surface area (Å²) in [6.45, 7) is 0.700. The first-order valence-corrected chi connectivity index (χ1v) is 11.7. The van der Waals surface area contributed by atoms with Crippen molar-refractivity contribution in [1.82, 2.24) is 9.29 Å². The molecule has 0 unspecified atom stereocenters. The minimum absolute atomic E-state index is 0.0126. The molecule has 1 aromatic carbocycles. The van der Waals surface area contributed by atoms with Gasteiger partial charge in [0, 0.05) is 36.4 Å². The van der Waals surface area contributed by atoms with Crippen LogP contribution in [0.15, 0.2) is 52.6 Å². The molecule has 1 aliphatic heterocycles. The van der Waals surface area contributed by atoms with E-state index in [2.05, 4.69) is 26.9 Å². The molecule has 0 radical (unpaired) electrons. The van der Waals surface area contributed by atoms with Crippen LogP contribution in [-0.2, 0) is 15.6 Å². The zero-order valence-corrected chi connectivity index (χ0v) is 19.3. The van der Waals surface area contributed by atoms with Crippen LogP contribution in [0.5, 0.6) is 0 Å². The quantitative estimate of drug-likeness (QED) is 0.265. The summed E-state index contributed by atoms with van der Waals surface area (Å²) >= 11 is 0. The highest BCUT2D eigenvalue weighted by Crippen LogP contribution is 2.40. The number of sulfonamides is 1. The van der Waals surface area contributed by atoms with Crippen molar-refractivity contribution in [2.24, 2.45) is 5.11 Å². The summed E-state index contributed by atoms with van der Waals surface area (Å²) < 4.78 is 67.9. The van der Waals surface area contributed by atoms with Gasteiger partial charge in [0.15, 0.2) is 5.60 Å². The second-order valence-corrected chi connectivity index (χ2v) is 9.62. The first kappa shape index (κ1) is 26.1. The molecule has 1 fully saturated rings. The lowest BCUT2D eigenvalue weighted by molar-refractivity contribution is -0.262. The topological polar surface area (TPSA) is 149 Å². The van der Waals surface area contributed by atoms with Crippen molar-refractivity contribution in [2.75, 3.05) is 36.8 Å². The van der Waals surface area contributed by atoms with E-state index in [4.69, 9.17) is 11.3 Å². The van der Waals surface area contributed by atoms with Gasteiger partial charge < -0.3 is 15.7 Å². The number of pyridine rings is 1. The van der Waals surface area contributed by atoms with Crippen molar-refractivity contribution < 1.29 is 26.7 Å².